The van der Waals surface area contributed by atoms with Crippen molar-refractivity contribution in [2.24, 2.45) is 0 Å². The summed E-state index contributed by atoms with van der Waals surface area (Å²) in [4.78, 5) is 2.54. The number of hydrogen-bond acceptors (Lipinski definition) is 1. The fourth-order valence-corrected chi connectivity index (χ4v) is 8.89. The molecule has 11 rings (SSSR count). The van der Waals surface area contributed by atoms with Crippen molar-refractivity contribution in [3.63, 3.8) is 0 Å². The highest BCUT2D eigenvalue weighted by atomic mass is 15.2. The Morgan fingerprint density at radius 3 is 1.68 bits per heavy atom. The van der Waals surface area contributed by atoms with E-state index in [0.29, 0.717) is 0 Å². The van der Waals surface area contributed by atoms with Crippen LogP contribution in [0.2, 0.25) is 0 Å². The number of fused-ring (bicyclic) bond motifs is 6. The van der Waals surface area contributed by atoms with Gasteiger partial charge in [-0.05, 0) is 115 Å². The van der Waals surface area contributed by atoms with Gasteiger partial charge in [-0.1, -0.05) is 152 Å². The Labute approximate surface area is 326 Å². The molecule has 1 aliphatic carbocycles. The predicted molar refractivity (Wildman–Crippen MR) is 238 cm³/mol. The van der Waals surface area contributed by atoms with Crippen LogP contribution in [0.5, 0.6) is 0 Å². The maximum atomic E-state index is 2.54. The molecule has 1 atom stereocenters. The number of nitrogens with zero attached hydrogens (tertiary/aromatic N) is 2. The molecule has 2 heteroatoms. The molecule has 1 aliphatic rings. The van der Waals surface area contributed by atoms with Gasteiger partial charge in [0.2, 0.25) is 0 Å². The zero-order valence-electron chi connectivity index (χ0n) is 30.9. The van der Waals surface area contributed by atoms with E-state index in [1.54, 1.807) is 0 Å². The molecule has 0 radical (unpaired) electrons. The molecule has 9 aromatic carbocycles. The minimum Gasteiger partial charge on any atom is -0.334 e. The number of anilines is 2. The van der Waals surface area contributed by atoms with Gasteiger partial charge in [0.1, 0.15) is 0 Å². The van der Waals surface area contributed by atoms with Crippen molar-refractivity contribution < 1.29 is 0 Å². The molecule has 0 N–H and O–H groups in total. The van der Waals surface area contributed by atoms with E-state index in [1.807, 2.05) is 0 Å². The Bertz CT molecular complexity index is 3120. The molecule has 2 nitrogen and oxygen atoms in total. The smallest absolute Gasteiger partial charge is 0.0580 e. The van der Waals surface area contributed by atoms with E-state index in [2.05, 4.69) is 222 Å². The average molecular weight is 715 g/mol. The highest BCUT2D eigenvalue weighted by Gasteiger charge is 2.28. The van der Waals surface area contributed by atoms with E-state index in [4.69, 9.17) is 0 Å². The van der Waals surface area contributed by atoms with Gasteiger partial charge >= 0.3 is 0 Å². The lowest BCUT2D eigenvalue weighted by atomic mass is 9.95. The summed E-state index contributed by atoms with van der Waals surface area (Å²) in [6.45, 7) is 0. The van der Waals surface area contributed by atoms with E-state index in [1.165, 1.54) is 93.8 Å². The number of para-hydroxylation sites is 2. The quantitative estimate of drug-likeness (QED) is 0.166. The van der Waals surface area contributed by atoms with Crippen LogP contribution in [0.15, 0.2) is 206 Å². The van der Waals surface area contributed by atoms with Crippen molar-refractivity contribution in [3.8, 4) is 27.9 Å². The minimum atomic E-state index is 0.102. The molecule has 0 spiro atoms. The molecule has 56 heavy (non-hydrogen) atoms. The molecule has 0 fully saturated rings. The Balaban J connectivity index is 0.998. The van der Waals surface area contributed by atoms with Gasteiger partial charge in [-0.3, -0.25) is 0 Å². The molecule has 1 heterocycles. The fraction of sp³-hybridized carbons (Fsp3) is 0.0370. The monoisotopic (exact) mass is 714 g/mol. The Hall–Kier alpha value is -7.16. The molecular formula is C54H38N2. The SMILES string of the molecule is C1=CC(N(c2ccc3ccccc3c2)c2ccc3cc(-c4ccc5ccc(-c6ccccc6)cc5c4)ccc3c2)Cc2c1c1ccccc1n2-c1ccccc1. The second kappa shape index (κ2) is 13.3. The third-order valence-electron chi connectivity index (χ3n) is 11.6. The van der Waals surface area contributed by atoms with Crippen molar-refractivity contribution in [2.45, 2.75) is 12.5 Å². The second-order valence-electron chi connectivity index (χ2n) is 15.0. The zero-order chi connectivity index (χ0) is 37.0. The summed E-state index contributed by atoms with van der Waals surface area (Å²) in [5.41, 5.74) is 12.4. The van der Waals surface area contributed by atoms with Crippen LogP contribution in [-0.2, 0) is 6.42 Å². The van der Waals surface area contributed by atoms with E-state index >= 15 is 0 Å². The van der Waals surface area contributed by atoms with E-state index < -0.39 is 0 Å². The maximum absolute atomic E-state index is 2.54. The van der Waals surface area contributed by atoms with Gasteiger partial charge in [-0.25, -0.2) is 0 Å². The lowest BCUT2D eigenvalue weighted by Gasteiger charge is -2.34. The Morgan fingerprint density at radius 2 is 0.929 bits per heavy atom. The predicted octanol–water partition coefficient (Wildman–Crippen LogP) is 14.2. The number of benzene rings is 9. The van der Waals surface area contributed by atoms with Gasteiger partial charge < -0.3 is 9.47 Å². The number of hydrogen-bond donors (Lipinski definition) is 0. The first-order chi connectivity index (χ1) is 27.7. The van der Waals surface area contributed by atoms with E-state index in [0.717, 1.165) is 6.42 Å². The van der Waals surface area contributed by atoms with Crippen LogP contribution in [0.4, 0.5) is 11.4 Å². The van der Waals surface area contributed by atoms with Crippen molar-refractivity contribution in [3.05, 3.63) is 218 Å². The first-order valence-electron chi connectivity index (χ1n) is 19.5. The Morgan fingerprint density at radius 1 is 0.411 bits per heavy atom. The van der Waals surface area contributed by atoms with Crippen LogP contribution in [0, 0.1) is 0 Å². The van der Waals surface area contributed by atoms with Crippen LogP contribution < -0.4 is 4.90 Å². The van der Waals surface area contributed by atoms with Gasteiger partial charge in [0.25, 0.3) is 0 Å². The van der Waals surface area contributed by atoms with Crippen LogP contribution in [0.3, 0.4) is 0 Å². The van der Waals surface area contributed by atoms with Gasteiger partial charge in [0, 0.05) is 40.1 Å². The summed E-state index contributed by atoms with van der Waals surface area (Å²) in [5, 5.41) is 8.74. The third-order valence-corrected chi connectivity index (χ3v) is 11.6. The van der Waals surface area contributed by atoms with Crippen LogP contribution in [-0.4, -0.2) is 10.6 Å². The summed E-state index contributed by atoms with van der Waals surface area (Å²) in [5.74, 6) is 0. The molecular weight excluding hydrogens is 677 g/mol. The summed E-state index contributed by atoms with van der Waals surface area (Å²) in [7, 11) is 0. The van der Waals surface area contributed by atoms with Gasteiger partial charge in [-0.2, -0.15) is 0 Å². The number of aromatic nitrogens is 1. The lowest BCUT2D eigenvalue weighted by Crippen LogP contribution is -2.33. The van der Waals surface area contributed by atoms with Gasteiger partial charge in [-0.15, -0.1) is 0 Å². The standard InChI is InChI=1S/C54H38N2/c1-3-11-37(12-4-1)41-21-19-39-20-22-43(33-46(39)32-41)42-23-24-45-35-49(28-26-44(45)31-42)55(48-27-25-38-13-7-8-14-40(38)34-48)50-29-30-52-51-17-9-10-18-53(51)56(54(52)36-50)47-15-5-2-6-16-47/h1-35,50H,36H2. The van der Waals surface area contributed by atoms with Crippen molar-refractivity contribution in [2.75, 3.05) is 4.90 Å². The summed E-state index contributed by atoms with van der Waals surface area (Å²) >= 11 is 0. The third kappa shape index (κ3) is 5.58. The van der Waals surface area contributed by atoms with Gasteiger partial charge in [0.15, 0.2) is 0 Å². The topological polar surface area (TPSA) is 8.17 Å². The van der Waals surface area contributed by atoms with Crippen LogP contribution in [0.25, 0.3) is 77.2 Å². The average Bonchev–Trinajstić information content (AvgIpc) is 3.60. The minimum absolute atomic E-state index is 0.102. The summed E-state index contributed by atoms with van der Waals surface area (Å²) in [6.07, 6.45) is 5.64. The molecule has 0 aliphatic heterocycles. The van der Waals surface area contributed by atoms with E-state index in [-0.39, 0.29) is 6.04 Å². The van der Waals surface area contributed by atoms with Crippen molar-refractivity contribution >= 4 is 60.7 Å². The molecule has 10 aromatic rings. The maximum Gasteiger partial charge on any atom is 0.0580 e. The normalized spacial score (nSPS) is 13.8. The van der Waals surface area contributed by atoms with E-state index in [9.17, 15) is 0 Å². The molecule has 0 saturated carbocycles. The van der Waals surface area contributed by atoms with Crippen molar-refractivity contribution in [1.82, 2.24) is 4.57 Å². The van der Waals surface area contributed by atoms with Crippen LogP contribution >= 0.6 is 0 Å². The highest BCUT2D eigenvalue weighted by Crippen LogP contribution is 2.40. The first kappa shape index (κ1) is 32.3. The molecule has 0 saturated heterocycles. The molecule has 264 valence electrons. The lowest BCUT2D eigenvalue weighted by molar-refractivity contribution is 0.738. The highest BCUT2D eigenvalue weighted by molar-refractivity contribution is 5.96. The number of rotatable bonds is 6. The fourth-order valence-electron chi connectivity index (χ4n) is 8.89. The first-order valence-corrected chi connectivity index (χ1v) is 19.5. The molecule has 1 aromatic heterocycles. The van der Waals surface area contributed by atoms with Gasteiger partial charge in [0.05, 0.1) is 11.6 Å². The molecule has 0 amide bonds. The zero-order valence-corrected chi connectivity index (χ0v) is 30.9. The second-order valence-corrected chi connectivity index (χ2v) is 15.0. The summed E-state index contributed by atoms with van der Waals surface area (Å²) in [6, 6.07) is 73.4. The van der Waals surface area contributed by atoms with Crippen molar-refractivity contribution in [1.29, 1.82) is 0 Å². The Kier molecular flexibility index (Phi) is 7.67. The summed E-state index contributed by atoms with van der Waals surface area (Å²) < 4.78 is 2.47. The van der Waals surface area contributed by atoms with Crippen LogP contribution in [0.1, 0.15) is 11.3 Å². The molecule has 1 unspecified atom stereocenters. The largest absolute Gasteiger partial charge is 0.334 e. The molecule has 0 bridgehead atoms.